The monoisotopic (exact) mass is 359 g/mol. The molecule has 2 aromatic carbocycles. The molecule has 0 aromatic heterocycles. The first-order chi connectivity index (χ1) is 12.2. The van der Waals surface area contributed by atoms with E-state index in [4.69, 9.17) is 4.74 Å². The highest BCUT2D eigenvalue weighted by Crippen LogP contribution is 2.38. The van der Waals surface area contributed by atoms with E-state index < -0.39 is 27.2 Å². The summed E-state index contributed by atoms with van der Waals surface area (Å²) < 4.78 is 4.78. The van der Waals surface area contributed by atoms with Crippen molar-refractivity contribution in [3.05, 3.63) is 67.3 Å². The summed E-state index contributed by atoms with van der Waals surface area (Å²) in [6.45, 7) is 5.27. The Balaban J connectivity index is 2.64. The van der Waals surface area contributed by atoms with Crippen molar-refractivity contribution < 1.29 is 19.4 Å². The number of carbonyl (C=O) groups is 1. The van der Waals surface area contributed by atoms with Gasteiger partial charge in [0.1, 0.15) is 0 Å². The number of rotatable bonds is 6. The van der Waals surface area contributed by atoms with Crippen LogP contribution in [0.4, 0.5) is 22.7 Å². The van der Waals surface area contributed by atoms with Crippen LogP contribution in [0.2, 0.25) is 0 Å². The largest absolute Gasteiger partial charge is 0.462 e. The van der Waals surface area contributed by atoms with E-state index in [2.05, 4.69) is 5.32 Å². The Morgan fingerprint density at radius 2 is 1.65 bits per heavy atom. The third-order valence-corrected chi connectivity index (χ3v) is 3.64. The molecule has 0 saturated carbocycles. The highest BCUT2D eigenvalue weighted by molar-refractivity contribution is 5.94. The number of aryl methyl sites for hydroxylation is 2. The fourth-order valence-electron chi connectivity index (χ4n) is 2.45. The standard InChI is InChI=1S/C17H17N3O6/c1-4-26-17(21)12-8-14(19(22)23)16(15(9-12)20(24)25)18-13-6-5-10(2)7-11(13)3/h5-9,18H,4H2,1-3H3. The van der Waals surface area contributed by atoms with Crippen molar-refractivity contribution in [3.63, 3.8) is 0 Å². The van der Waals surface area contributed by atoms with E-state index in [1.54, 1.807) is 26.0 Å². The fraction of sp³-hybridized carbons (Fsp3) is 0.235. The van der Waals surface area contributed by atoms with Gasteiger partial charge in [0.15, 0.2) is 5.69 Å². The molecule has 0 amide bonds. The predicted molar refractivity (Wildman–Crippen MR) is 94.9 cm³/mol. The molecule has 0 aliphatic heterocycles. The molecule has 0 saturated heterocycles. The van der Waals surface area contributed by atoms with Crippen molar-refractivity contribution in [1.29, 1.82) is 0 Å². The van der Waals surface area contributed by atoms with Crippen molar-refractivity contribution in [1.82, 2.24) is 0 Å². The van der Waals surface area contributed by atoms with E-state index in [0.717, 1.165) is 23.3 Å². The van der Waals surface area contributed by atoms with Gasteiger partial charge < -0.3 is 10.1 Å². The van der Waals surface area contributed by atoms with Gasteiger partial charge in [0.25, 0.3) is 0 Å². The zero-order chi connectivity index (χ0) is 19.4. The highest BCUT2D eigenvalue weighted by Gasteiger charge is 2.29. The molecule has 0 atom stereocenters. The zero-order valence-electron chi connectivity index (χ0n) is 14.4. The van der Waals surface area contributed by atoms with Gasteiger partial charge in [0.05, 0.1) is 22.0 Å². The molecule has 0 radical (unpaired) electrons. The summed E-state index contributed by atoms with van der Waals surface area (Å²) in [6.07, 6.45) is 0. The number of carbonyl (C=O) groups excluding carboxylic acids is 1. The van der Waals surface area contributed by atoms with Gasteiger partial charge in [-0.1, -0.05) is 17.7 Å². The molecule has 136 valence electrons. The van der Waals surface area contributed by atoms with Crippen molar-refractivity contribution >= 4 is 28.7 Å². The van der Waals surface area contributed by atoms with Crippen molar-refractivity contribution in [2.24, 2.45) is 0 Å². The van der Waals surface area contributed by atoms with Crippen LogP contribution in [0, 0.1) is 34.1 Å². The van der Waals surface area contributed by atoms with Crippen LogP contribution >= 0.6 is 0 Å². The van der Waals surface area contributed by atoms with E-state index in [-0.39, 0.29) is 17.9 Å². The van der Waals surface area contributed by atoms with Crippen LogP contribution in [0.15, 0.2) is 30.3 Å². The lowest BCUT2D eigenvalue weighted by atomic mass is 10.1. The lowest BCUT2D eigenvalue weighted by molar-refractivity contribution is -0.392. The molecule has 0 bridgehead atoms. The summed E-state index contributed by atoms with van der Waals surface area (Å²) in [6, 6.07) is 7.23. The third kappa shape index (κ3) is 3.94. The molecule has 0 unspecified atom stereocenters. The molecule has 2 aromatic rings. The van der Waals surface area contributed by atoms with Crippen LogP contribution in [0.5, 0.6) is 0 Å². The number of nitro groups is 2. The number of hydrogen-bond acceptors (Lipinski definition) is 7. The van der Waals surface area contributed by atoms with Crippen LogP contribution in [0.1, 0.15) is 28.4 Å². The minimum atomic E-state index is -0.864. The van der Waals surface area contributed by atoms with Gasteiger partial charge >= 0.3 is 17.3 Å². The molecule has 9 nitrogen and oxygen atoms in total. The molecule has 2 rings (SSSR count). The number of ether oxygens (including phenoxy) is 1. The lowest BCUT2D eigenvalue weighted by Gasteiger charge is -2.12. The summed E-state index contributed by atoms with van der Waals surface area (Å²) in [5.41, 5.74) is 0.532. The van der Waals surface area contributed by atoms with E-state index in [0.29, 0.717) is 5.69 Å². The Bertz CT molecular complexity index is 859. The number of nitrogens with zero attached hydrogens (tertiary/aromatic N) is 2. The molecular weight excluding hydrogens is 342 g/mol. The minimum Gasteiger partial charge on any atom is -0.462 e. The van der Waals surface area contributed by atoms with Crippen molar-refractivity contribution in [2.45, 2.75) is 20.8 Å². The number of hydrogen-bond donors (Lipinski definition) is 1. The number of benzene rings is 2. The molecule has 1 N–H and O–H groups in total. The van der Waals surface area contributed by atoms with Crippen molar-refractivity contribution in [3.8, 4) is 0 Å². The van der Waals surface area contributed by atoms with Crippen LogP contribution in [0.3, 0.4) is 0 Å². The second kappa shape index (κ2) is 7.60. The van der Waals surface area contributed by atoms with E-state index in [1.165, 1.54) is 0 Å². The first kappa shape index (κ1) is 18.8. The SMILES string of the molecule is CCOC(=O)c1cc([N+](=O)[O-])c(Nc2ccc(C)cc2C)c([N+](=O)[O-])c1. The molecule has 0 aliphatic carbocycles. The van der Waals surface area contributed by atoms with Crippen molar-refractivity contribution in [2.75, 3.05) is 11.9 Å². The first-order valence-electron chi connectivity index (χ1n) is 7.72. The van der Waals surface area contributed by atoms with Gasteiger partial charge in [-0.2, -0.15) is 0 Å². The van der Waals surface area contributed by atoms with Gasteiger partial charge in [-0.25, -0.2) is 4.79 Å². The average molecular weight is 359 g/mol. The number of esters is 1. The summed E-state index contributed by atoms with van der Waals surface area (Å²) >= 11 is 0. The maximum absolute atomic E-state index is 11.9. The number of nitrogens with one attached hydrogen (secondary N) is 1. The normalized spacial score (nSPS) is 10.3. The minimum absolute atomic E-state index is 0.0446. The Morgan fingerprint density at radius 1 is 1.08 bits per heavy atom. The topological polar surface area (TPSA) is 125 Å². The van der Waals surface area contributed by atoms with Gasteiger partial charge in [-0.15, -0.1) is 0 Å². The second-order valence-electron chi connectivity index (χ2n) is 5.57. The zero-order valence-corrected chi connectivity index (χ0v) is 14.4. The maximum Gasteiger partial charge on any atom is 0.338 e. The molecule has 0 fully saturated rings. The van der Waals surface area contributed by atoms with Gasteiger partial charge in [-0.05, 0) is 32.4 Å². The molecule has 0 aliphatic rings. The summed E-state index contributed by atoms with van der Waals surface area (Å²) in [5.74, 6) is -0.864. The Kier molecular flexibility index (Phi) is 5.51. The van der Waals surface area contributed by atoms with Crippen LogP contribution in [0.25, 0.3) is 0 Å². The predicted octanol–water partition coefficient (Wildman–Crippen LogP) is 4.04. The third-order valence-electron chi connectivity index (χ3n) is 3.64. The molecule has 0 spiro atoms. The summed E-state index contributed by atoms with van der Waals surface area (Å²) in [5, 5.41) is 25.7. The summed E-state index contributed by atoms with van der Waals surface area (Å²) in [7, 11) is 0. The summed E-state index contributed by atoms with van der Waals surface area (Å²) in [4.78, 5) is 33.2. The Morgan fingerprint density at radius 3 is 2.12 bits per heavy atom. The fourth-order valence-corrected chi connectivity index (χ4v) is 2.45. The molecular formula is C17H17N3O6. The average Bonchev–Trinajstić information content (AvgIpc) is 2.57. The van der Waals surface area contributed by atoms with Gasteiger partial charge in [-0.3, -0.25) is 20.2 Å². The molecule has 0 heterocycles. The smallest absolute Gasteiger partial charge is 0.338 e. The van der Waals surface area contributed by atoms with Gasteiger partial charge in [0, 0.05) is 17.8 Å². The van der Waals surface area contributed by atoms with Crippen LogP contribution < -0.4 is 5.32 Å². The number of anilines is 2. The first-order valence-corrected chi connectivity index (χ1v) is 7.72. The van der Waals surface area contributed by atoms with Gasteiger partial charge in [0.2, 0.25) is 0 Å². The number of nitro benzene ring substituents is 2. The maximum atomic E-state index is 11.9. The Hall–Kier alpha value is -3.49. The lowest BCUT2D eigenvalue weighted by Crippen LogP contribution is -2.09. The molecule has 9 heteroatoms. The second-order valence-corrected chi connectivity index (χ2v) is 5.57. The Labute approximate surface area is 148 Å². The van der Waals surface area contributed by atoms with Crippen LogP contribution in [-0.4, -0.2) is 22.4 Å². The van der Waals surface area contributed by atoms with E-state index >= 15 is 0 Å². The van der Waals surface area contributed by atoms with E-state index in [9.17, 15) is 25.0 Å². The van der Waals surface area contributed by atoms with Crippen LogP contribution in [-0.2, 0) is 4.74 Å². The van der Waals surface area contributed by atoms with E-state index in [1.807, 2.05) is 13.0 Å². The molecule has 26 heavy (non-hydrogen) atoms. The quantitative estimate of drug-likeness (QED) is 0.469. The highest BCUT2D eigenvalue weighted by atomic mass is 16.6.